The number of hydrogen-bond donors (Lipinski definition) is 1. The number of nitrogens with one attached hydrogen (secondary N) is 1. The molecule has 1 nitrogen and oxygen atoms in total. The van der Waals surface area contributed by atoms with Gasteiger partial charge in [-0.05, 0) is 54.5 Å². The minimum atomic E-state index is 0.222. The standard InChI is InChI=1S/C16H27NS/c1-12-7-8-13(16(2,3)4)11-14(12)15(17-5)9-10-18-6/h7-8,11,15,17H,9-10H2,1-6H3. The van der Waals surface area contributed by atoms with E-state index in [0.29, 0.717) is 6.04 Å². The highest BCUT2D eigenvalue weighted by Gasteiger charge is 2.17. The second-order valence-electron chi connectivity index (χ2n) is 5.94. The van der Waals surface area contributed by atoms with Crippen molar-refractivity contribution in [2.45, 2.75) is 45.6 Å². The molecule has 0 heterocycles. The summed E-state index contributed by atoms with van der Waals surface area (Å²) in [5, 5.41) is 3.46. The zero-order valence-electron chi connectivity index (χ0n) is 12.6. The van der Waals surface area contributed by atoms with Gasteiger partial charge in [-0.25, -0.2) is 0 Å². The van der Waals surface area contributed by atoms with Crippen molar-refractivity contribution in [2.75, 3.05) is 19.1 Å². The summed E-state index contributed by atoms with van der Waals surface area (Å²) in [4.78, 5) is 0. The molecule has 0 aliphatic heterocycles. The van der Waals surface area contributed by atoms with Crippen LogP contribution in [-0.2, 0) is 5.41 Å². The van der Waals surface area contributed by atoms with Crippen LogP contribution in [0.25, 0.3) is 0 Å². The molecule has 2 heteroatoms. The number of hydrogen-bond acceptors (Lipinski definition) is 2. The molecule has 102 valence electrons. The number of thioether (sulfide) groups is 1. The Kier molecular flexibility index (Phi) is 5.74. The first-order valence-corrected chi connectivity index (χ1v) is 8.06. The summed E-state index contributed by atoms with van der Waals surface area (Å²) in [6.45, 7) is 9.04. The highest BCUT2D eigenvalue weighted by molar-refractivity contribution is 7.98. The number of rotatable bonds is 5. The van der Waals surface area contributed by atoms with Crippen LogP contribution in [0.2, 0.25) is 0 Å². The quantitative estimate of drug-likeness (QED) is 0.851. The Bertz CT molecular complexity index is 379. The number of benzene rings is 1. The molecular weight excluding hydrogens is 238 g/mol. The molecular formula is C16H27NS. The van der Waals surface area contributed by atoms with Crippen LogP contribution in [0.4, 0.5) is 0 Å². The molecule has 0 radical (unpaired) electrons. The van der Waals surface area contributed by atoms with E-state index in [-0.39, 0.29) is 5.41 Å². The first-order chi connectivity index (χ1) is 8.40. The van der Waals surface area contributed by atoms with Crippen molar-refractivity contribution in [1.82, 2.24) is 5.32 Å². The van der Waals surface area contributed by atoms with E-state index in [2.05, 4.69) is 64.5 Å². The molecule has 0 aliphatic rings. The fourth-order valence-electron chi connectivity index (χ4n) is 2.17. The zero-order chi connectivity index (χ0) is 13.8. The molecule has 1 aromatic carbocycles. The summed E-state index contributed by atoms with van der Waals surface area (Å²) in [5.41, 5.74) is 4.50. The van der Waals surface area contributed by atoms with Crippen LogP contribution in [-0.4, -0.2) is 19.1 Å². The van der Waals surface area contributed by atoms with E-state index >= 15 is 0 Å². The molecule has 1 unspecified atom stereocenters. The van der Waals surface area contributed by atoms with Gasteiger partial charge >= 0.3 is 0 Å². The maximum atomic E-state index is 3.46. The molecule has 18 heavy (non-hydrogen) atoms. The first kappa shape index (κ1) is 15.6. The van der Waals surface area contributed by atoms with Crippen molar-refractivity contribution in [3.8, 4) is 0 Å². The third kappa shape index (κ3) is 4.03. The van der Waals surface area contributed by atoms with Crippen molar-refractivity contribution in [3.05, 3.63) is 34.9 Å². The van der Waals surface area contributed by atoms with Gasteiger partial charge in [0.1, 0.15) is 0 Å². The molecule has 0 saturated carbocycles. The van der Waals surface area contributed by atoms with Crippen LogP contribution in [0.15, 0.2) is 18.2 Å². The Balaban J connectivity index is 3.05. The summed E-state index contributed by atoms with van der Waals surface area (Å²) in [7, 11) is 2.06. The molecule has 0 aliphatic carbocycles. The van der Waals surface area contributed by atoms with E-state index in [9.17, 15) is 0 Å². The van der Waals surface area contributed by atoms with Gasteiger partial charge < -0.3 is 5.32 Å². The third-order valence-electron chi connectivity index (χ3n) is 3.48. The minimum Gasteiger partial charge on any atom is -0.313 e. The van der Waals surface area contributed by atoms with Crippen LogP contribution in [0.3, 0.4) is 0 Å². The van der Waals surface area contributed by atoms with Crippen molar-refractivity contribution in [3.63, 3.8) is 0 Å². The van der Waals surface area contributed by atoms with Gasteiger partial charge in [-0.15, -0.1) is 0 Å². The summed E-state index contributed by atoms with van der Waals surface area (Å²) in [6.07, 6.45) is 3.36. The van der Waals surface area contributed by atoms with Gasteiger partial charge in [-0.1, -0.05) is 39.0 Å². The monoisotopic (exact) mass is 265 g/mol. The van der Waals surface area contributed by atoms with Gasteiger partial charge in [0.15, 0.2) is 0 Å². The number of aryl methyl sites for hydroxylation is 1. The molecule has 0 amide bonds. The molecule has 0 saturated heterocycles. The fourth-order valence-corrected chi connectivity index (χ4v) is 2.64. The summed E-state index contributed by atoms with van der Waals surface area (Å²) >= 11 is 1.92. The highest BCUT2D eigenvalue weighted by atomic mass is 32.2. The molecule has 1 N–H and O–H groups in total. The Morgan fingerprint density at radius 3 is 2.44 bits per heavy atom. The SMILES string of the molecule is CNC(CCSC)c1cc(C(C)(C)C)ccc1C. The van der Waals surface area contributed by atoms with E-state index in [4.69, 9.17) is 0 Å². The van der Waals surface area contributed by atoms with Crippen molar-refractivity contribution >= 4 is 11.8 Å². The summed E-state index contributed by atoms with van der Waals surface area (Å²) < 4.78 is 0. The van der Waals surface area contributed by atoms with E-state index in [1.807, 2.05) is 11.8 Å². The molecule has 0 fully saturated rings. The smallest absolute Gasteiger partial charge is 0.0328 e. The Labute approximate surface area is 117 Å². The predicted molar refractivity (Wildman–Crippen MR) is 84.7 cm³/mol. The summed E-state index contributed by atoms with van der Waals surface area (Å²) in [6, 6.07) is 7.38. The van der Waals surface area contributed by atoms with Crippen molar-refractivity contribution in [2.24, 2.45) is 0 Å². The predicted octanol–water partition coefficient (Wildman–Crippen LogP) is 4.31. The molecule has 1 aromatic rings. The molecule has 0 spiro atoms. The maximum Gasteiger partial charge on any atom is 0.0328 e. The van der Waals surface area contributed by atoms with E-state index in [0.717, 1.165) is 0 Å². The highest BCUT2D eigenvalue weighted by Crippen LogP contribution is 2.28. The first-order valence-electron chi connectivity index (χ1n) is 6.67. The minimum absolute atomic E-state index is 0.222. The molecule has 0 bridgehead atoms. The molecule has 1 atom stereocenters. The van der Waals surface area contributed by atoms with Crippen molar-refractivity contribution in [1.29, 1.82) is 0 Å². The van der Waals surface area contributed by atoms with E-state index in [1.165, 1.54) is 28.9 Å². The fraction of sp³-hybridized carbons (Fsp3) is 0.625. The maximum absolute atomic E-state index is 3.46. The topological polar surface area (TPSA) is 12.0 Å². The van der Waals surface area contributed by atoms with E-state index in [1.54, 1.807) is 0 Å². The Morgan fingerprint density at radius 1 is 1.28 bits per heavy atom. The lowest BCUT2D eigenvalue weighted by Crippen LogP contribution is -2.20. The van der Waals surface area contributed by atoms with Gasteiger partial charge in [-0.3, -0.25) is 0 Å². The van der Waals surface area contributed by atoms with Gasteiger partial charge in [0, 0.05) is 6.04 Å². The average molecular weight is 265 g/mol. The lowest BCUT2D eigenvalue weighted by molar-refractivity contribution is 0.564. The average Bonchev–Trinajstić information content (AvgIpc) is 2.30. The molecule has 0 aromatic heterocycles. The van der Waals surface area contributed by atoms with Crippen LogP contribution < -0.4 is 5.32 Å². The largest absolute Gasteiger partial charge is 0.313 e. The lowest BCUT2D eigenvalue weighted by Gasteiger charge is -2.24. The van der Waals surface area contributed by atoms with Crippen molar-refractivity contribution < 1.29 is 0 Å². The third-order valence-corrected chi connectivity index (χ3v) is 4.12. The van der Waals surface area contributed by atoms with E-state index < -0.39 is 0 Å². The normalized spacial score (nSPS) is 13.7. The van der Waals surface area contributed by atoms with Gasteiger partial charge in [-0.2, -0.15) is 11.8 Å². The van der Waals surface area contributed by atoms with Gasteiger partial charge in [0.05, 0.1) is 0 Å². The lowest BCUT2D eigenvalue weighted by atomic mass is 9.84. The van der Waals surface area contributed by atoms with Gasteiger partial charge in [0.25, 0.3) is 0 Å². The second kappa shape index (κ2) is 6.63. The Hall–Kier alpha value is -0.470. The second-order valence-corrected chi connectivity index (χ2v) is 6.93. The van der Waals surface area contributed by atoms with Crippen LogP contribution in [0.1, 0.15) is 49.9 Å². The van der Waals surface area contributed by atoms with Crippen LogP contribution >= 0.6 is 11.8 Å². The molecule has 1 rings (SSSR count). The summed E-state index contributed by atoms with van der Waals surface area (Å²) in [5.74, 6) is 1.20. The van der Waals surface area contributed by atoms with Crippen LogP contribution in [0, 0.1) is 6.92 Å². The Morgan fingerprint density at radius 2 is 1.94 bits per heavy atom. The van der Waals surface area contributed by atoms with Gasteiger partial charge in [0.2, 0.25) is 0 Å². The zero-order valence-corrected chi connectivity index (χ0v) is 13.4. The van der Waals surface area contributed by atoms with Crippen LogP contribution in [0.5, 0.6) is 0 Å².